The van der Waals surface area contributed by atoms with Crippen molar-refractivity contribution in [3.63, 3.8) is 0 Å². The third kappa shape index (κ3) is 4.87. The number of fused-ring (bicyclic) bond motifs is 6. The molecule has 0 N–H and O–H groups in total. The van der Waals surface area contributed by atoms with Gasteiger partial charge in [-0.15, -0.1) is 0 Å². The van der Waals surface area contributed by atoms with Crippen LogP contribution in [0.3, 0.4) is 0 Å². The van der Waals surface area contributed by atoms with Crippen LogP contribution in [0.2, 0.25) is 0 Å². The van der Waals surface area contributed by atoms with Crippen molar-refractivity contribution in [2.45, 2.75) is 0 Å². The molecule has 2 aromatic heterocycles. The van der Waals surface area contributed by atoms with E-state index in [4.69, 9.17) is 9.97 Å². The molecule has 10 aromatic rings. The third-order valence-corrected chi connectivity index (χ3v) is 10.9. The molecular formula is C51H31N3. The van der Waals surface area contributed by atoms with E-state index in [1.54, 1.807) is 6.20 Å². The topological polar surface area (TPSA) is 38.7 Å². The second-order valence-corrected chi connectivity index (χ2v) is 14.0. The van der Waals surface area contributed by atoms with Crippen molar-refractivity contribution < 1.29 is 0 Å². The van der Waals surface area contributed by atoms with E-state index in [2.05, 4.69) is 175 Å². The number of nitrogens with zero attached hydrogens (tertiary/aromatic N) is 3. The average Bonchev–Trinajstić information content (AvgIpc) is 3.58. The van der Waals surface area contributed by atoms with E-state index >= 15 is 0 Å². The lowest BCUT2D eigenvalue weighted by Gasteiger charge is -2.14. The predicted molar refractivity (Wildman–Crippen MR) is 224 cm³/mol. The van der Waals surface area contributed by atoms with Crippen molar-refractivity contribution in [2.24, 2.45) is 0 Å². The Balaban J connectivity index is 1.08. The number of hydrogen-bond acceptors (Lipinski definition) is 3. The van der Waals surface area contributed by atoms with Crippen LogP contribution in [0.4, 0.5) is 0 Å². The van der Waals surface area contributed by atoms with Crippen molar-refractivity contribution in [2.75, 3.05) is 0 Å². The summed E-state index contributed by atoms with van der Waals surface area (Å²) >= 11 is 0. The largest absolute Gasteiger partial charge is 0.264 e. The Morgan fingerprint density at radius 1 is 0.315 bits per heavy atom. The normalized spacial score (nSPS) is 11.7. The Kier molecular flexibility index (Phi) is 6.86. The summed E-state index contributed by atoms with van der Waals surface area (Å²) in [7, 11) is 0. The van der Waals surface area contributed by atoms with Gasteiger partial charge in [-0.2, -0.15) is 0 Å². The molecule has 0 bridgehead atoms. The highest BCUT2D eigenvalue weighted by Crippen LogP contribution is 2.49. The zero-order valence-corrected chi connectivity index (χ0v) is 29.2. The minimum absolute atomic E-state index is 0.707. The first-order chi connectivity index (χ1) is 26.8. The van der Waals surface area contributed by atoms with Crippen molar-refractivity contribution in [1.29, 1.82) is 0 Å². The summed E-state index contributed by atoms with van der Waals surface area (Å²) in [6.45, 7) is 0. The Labute approximate surface area is 312 Å². The van der Waals surface area contributed by atoms with Gasteiger partial charge in [0.15, 0.2) is 5.82 Å². The lowest BCUT2D eigenvalue weighted by atomic mass is 9.92. The fourth-order valence-corrected chi connectivity index (χ4v) is 8.37. The smallest absolute Gasteiger partial charge is 0.161 e. The van der Waals surface area contributed by atoms with E-state index in [-0.39, 0.29) is 0 Å². The Morgan fingerprint density at radius 3 is 1.74 bits per heavy atom. The molecule has 11 rings (SSSR count). The van der Waals surface area contributed by atoms with Crippen molar-refractivity contribution in [3.05, 3.63) is 188 Å². The minimum Gasteiger partial charge on any atom is -0.264 e. The molecule has 1 aliphatic rings. The van der Waals surface area contributed by atoms with Crippen LogP contribution in [0.1, 0.15) is 0 Å². The summed E-state index contributed by atoms with van der Waals surface area (Å²) in [6, 6.07) is 63.0. The van der Waals surface area contributed by atoms with Crippen LogP contribution in [0.15, 0.2) is 188 Å². The lowest BCUT2D eigenvalue weighted by molar-refractivity contribution is 1.19. The number of hydrogen-bond donors (Lipinski definition) is 0. The highest BCUT2D eigenvalue weighted by Gasteiger charge is 2.23. The van der Waals surface area contributed by atoms with Crippen molar-refractivity contribution in [1.82, 2.24) is 15.0 Å². The van der Waals surface area contributed by atoms with Gasteiger partial charge in [0.05, 0.1) is 11.4 Å². The van der Waals surface area contributed by atoms with Gasteiger partial charge in [-0.05, 0) is 102 Å². The predicted octanol–water partition coefficient (Wildman–Crippen LogP) is 13.3. The number of benzene rings is 8. The van der Waals surface area contributed by atoms with E-state index < -0.39 is 0 Å². The van der Waals surface area contributed by atoms with Crippen molar-refractivity contribution in [3.8, 4) is 78.4 Å². The van der Waals surface area contributed by atoms with Gasteiger partial charge in [0.1, 0.15) is 0 Å². The highest BCUT2D eigenvalue weighted by atomic mass is 14.9. The molecule has 1 aliphatic carbocycles. The van der Waals surface area contributed by atoms with Crippen LogP contribution in [0, 0.1) is 0 Å². The van der Waals surface area contributed by atoms with Gasteiger partial charge < -0.3 is 0 Å². The maximum atomic E-state index is 5.33. The first-order valence-electron chi connectivity index (χ1n) is 18.3. The van der Waals surface area contributed by atoms with E-state index in [0.717, 1.165) is 44.6 Å². The van der Waals surface area contributed by atoms with E-state index in [0.29, 0.717) is 5.82 Å². The fourth-order valence-electron chi connectivity index (χ4n) is 8.37. The first-order valence-corrected chi connectivity index (χ1v) is 18.3. The zero-order chi connectivity index (χ0) is 35.6. The maximum absolute atomic E-state index is 5.33. The van der Waals surface area contributed by atoms with Crippen molar-refractivity contribution >= 4 is 32.3 Å². The molecule has 0 fully saturated rings. The van der Waals surface area contributed by atoms with Gasteiger partial charge in [0, 0.05) is 34.6 Å². The summed E-state index contributed by atoms with van der Waals surface area (Å²) in [5, 5.41) is 7.44. The molecule has 0 amide bonds. The quantitative estimate of drug-likeness (QED) is 0.169. The lowest BCUT2D eigenvalue weighted by Crippen LogP contribution is -1.97. The molecule has 0 unspecified atom stereocenters. The molecule has 0 saturated heterocycles. The van der Waals surface area contributed by atoms with Gasteiger partial charge in [-0.3, -0.25) is 4.98 Å². The van der Waals surface area contributed by atoms with Gasteiger partial charge >= 0.3 is 0 Å². The molecular weight excluding hydrogens is 655 g/mol. The summed E-state index contributed by atoms with van der Waals surface area (Å²) in [5.41, 5.74) is 14.5. The van der Waals surface area contributed by atoms with Gasteiger partial charge in [-0.25, -0.2) is 9.97 Å². The molecule has 0 atom stereocenters. The van der Waals surface area contributed by atoms with E-state index in [1.165, 1.54) is 60.3 Å². The molecule has 0 saturated carbocycles. The minimum atomic E-state index is 0.707. The summed E-state index contributed by atoms with van der Waals surface area (Å²) in [4.78, 5) is 15.0. The molecule has 3 heteroatoms. The molecule has 0 radical (unpaired) electrons. The molecule has 2 heterocycles. The van der Waals surface area contributed by atoms with Crippen LogP contribution in [-0.2, 0) is 0 Å². The average molecular weight is 686 g/mol. The second kappa shape index (κ2) is 12.2. The maximum Gasteiger partial charge on any atom is 0.161 e. The van der Waals surface area contributed by atoms with Gasteiger partial charge in [-0.1, -0.05) is 146 Å². The fraction of sp³-hybridized carbons (Fsp3) is 0. The second-order valence-electron chi connectivity index (χ2n) is 14.0. The summed E-state index contributed by atoms with van der Waals surface area (Å²) in [5.74, 6) is 0.707. The molecule has 0 spiro atoms. The highest BCUT2D eigenvalue weighted by molar-refractivity contribution is 6.18. The zero-order valence-electron chi connectivity index (χ0n) is 29.2. The SMILES string of the molecule is c1cncc(-c2cccc(-c3cc(-c4ccc(-c5cc6ccccc6c6ccccc56)cc4)nc(-c4ccc5c6c(cccc46)-c4ccccc4-5)n3)c2)c1. The standard InChI is InChI=1S/C51H31N3/c1-2-14-38-35(10-1)29-47(42-18-6-3-15-39(38)42)32-21-23-33(24-22-32)48-30-49(36-12-7-11-34(28-36)37-13-9-27-52-31-37)54-51(53-48)46-26-25-45-41-17-5-4-16-40(41)43-19-8-20-44(46)50(43)45/h1-31H. The summed E-state index contributed by atoms with van der Waals surface area (Å²) in [6.07, 6.45) is 3.71. The molecule has 3 nitrogen and oxygen atoms in total. The van der Waals surface area contributed by atoms with Gasteiger partial charge in [0.2, 0.25) is 0 Å². The van der Waals surface area contributed by atoms with Crippen LogP contribution in [0.25, 0.3) is 111 Å². The summed E-state index contributed by atoms with van der Waals surface area (Å²) < 4.78 is 0. The van der Waals surface area contributed by atoms with Gasteiger partial charge in [0.25, 0.3) is 0 Å². The number of aromatic nitrogens is 3. The number of rotatable bonds is 5. The Hall–Kier alpha value is -7.23. The molecule has 8 aromatic carbocycles. The molecule has 0 aliphatic heterocycles. The van der Waals surface area contributed by atoms with Crippen LogP contribution in [-0.4, -0.2) is 15.0 Å². The molecule has 54 heavy (non-hydrogen) atoms. The first kappa shape index (κ1) is 30.4. The van der Waals surface area contributed by atoms with E-state index in [1.807, 2.05) is 12.3 Å². The van der Waals surface area contributed by atoms with Crippen LogP contribution >= 0.6 is 0 Å². The monoisotopic (exact) mass is 685 g/mol. The number of pyridine rings is 1. The van der Waals surface area contributed by atoms with Crippen LogP contribution < -0.4 is 0 Å². The third-order valence-electron chi connectivity index (χ3n) is 10.9. The van der Waals surface area contributed by atoms with Crippen LogP contribution in [0.5, 0.6) is 0 Å². The van der Waals surface area contributed by atoms with E-state index in [9.17, 15) is 0 Å². The Morgan fingerprint density at radius 2 is 0.926 bits per heavy atom. The Bertz CT molecular complexity index is 3060. The molecule has 250 valence electrons.